The van der Waals surface area contributed by atoms with Crippen LogP contribution >= 0.6 is 11.6 Å². The molecule has 1 aromatic rings. The minimum absolute atomic E-state index is 0.365. The van der Waals surface area contributed by atoms with Crippen molar-refractivity contribution in [3.8, 4) is 5.75 Å². The largest absolute Gasteiger partial charge is 0.492 e. The lowest BCUT2D eigenvalue weighted by atomic mass is 10.4. The molecule has 3 nitrogen and oxygen atoms in total. The molecule has 1 heterocycles. The van der Waals surface area contributed by atoms with Crippen LogP contribution in [0.15, 0.2) is 12.3 Å². The summed E-state index contributed by atoms with van der Waals surface area (Å²) in [5, 5.41) is 7.62. The van der Waals surface area contributed by atoms with Gasteiger partial charge in [0.2, 0.25) is 0 Å². The zero-order valence-electron chi connectivity index (χ0n) is 6.96. The van der Waals surface area contributed by atoms with E-state index in [-0.39, 0.29) is 0 Å². The van der Waals surface area contributed by atoms with Crippen molar-refractivity contribution in [1.82, 2.24) is 10.2 Å². The van der Waals surface area contributed by atoms with Crippen molar-refractivity contribution in [2.75, 3.05) is 6.61 Å². The lowest BCUT2D eigenvalue weighted by molar-refractivity contribution is 0.307. The third-order valence-corrected chi connectivity index (χ3v) is 1.55. The zero-order chi connectivity index (χ0) is 8.81. The third kappa shape index (κ3) is 3.05. The molecule has 0 atom stereocenters. The topological polar surface area (TPSA) is 35.0 Å². The van der Waals surface area contributed by atoms with Crippen molar-refractivity contribution in [2.24, 2.45) is 0 Å². The Morgan fingerprint density at radius 1 is 1.58 bits per heavy atom. The SMILES string of the molecule is CCCCOc1cnnc(Cl)c1. The molecule has 0 bridgehead atoms. The van der Waals surface area contributed by atoms with Crippen LogP contribution in [0.4, 0.5) is 0 Å². The molecule has 1 aromatic heterocycles. The third-order valence-electron chi connectivity index (χ3n) is 1.37. The van der Waals surface area contributed by atoms with Crippen molar-refractivity contribution in [1.29, 1.82) is 0 Å². The molecule has 0 N–H and O–H groups in total. The molecule has 0 radical (unpaired) electrons. The number of hydrogen-bond donors (Lipinski definition) is 0. The summed E-state index contributed by atoms with van der Waals surface area (Å²) in [7, 11) is 0. The van der Waals surface area contributed by atoms with Crippen LogP contribution in [0.3, 0.4) is 0 Å². The second kappa shape index (κ2) is 4.93. The van der Waals surface area contributed by atoms with Crippen LogP contribution in [0.2, 0.25) is 5.15 Å². The minimum atomic E-state index is 0.365. The summed E-state index contributed by atoms with van der Waals surface area (Å²) in [4.78, 5) is 0. The maximum absolute atomic E-state index is 5.60. The second-order valence-corrected chi connectivity index (χ2v) is 2.80. The van der Waals surface area contributed by atoms with Gasteiger partial charge in [0.05, 0.1) is 12.8 Å². The first-order valence-electron chi connectivity index (χ1n) is 3.94. The van der Waals surface area contributed by atoms with E-state index in [2.05, 4.69) is 17.1 Å². The Hall–Kier alpha value is -0.830. The van der Waals surface area contributed by atoms with Gasteiger partial charge in [0, 0.05) is 6.07 Å². The molecule has 0 saturated carbocycles. The Labute approximate surface area is 76.7 Å². The van der Waals surface area contributed by atoms with Crippen LogP contribution in [0.25, 0.3) is 0 Å². The molecule has 0 saturated heterocycles. The van der Waals surface area contributed by atoms with Crippen molar-refractivity contribution in [3.63, 3.8) is 0 Å². The molecule has 0 amide bonds. The van der Waals surface area contributed by atoms with Crippen LogP contribution in [-0.4, -0.2) is 16.8 Å². The first kappa shape index (κ1) is 9.26. The fraction of sp³-hybridized carbons (Fsp3) is 0.500. The highest BCUT2D eigenvalue weighted by atomic mass is 35.5. The van der Waals surface area contributed by atoms with Gasteiger partial charge in [0.15, 0.2) is 5.15 Å². The number of nitrogens with zero attached hydrogens (tertiary/aromatic N) is 2. The van der Waals surface area contributed by atoms with Crippen LogP contribution in [0, 0.1) is 0 Å². The molecular weight excluding hydrogens is 176 g/mol. The van der Waals surface area contributed by atoms with Gasteiger partial charge in [-0.05, 0) is 6.42 Å². The summed E-state index contributed by atoms with van der Waals surface area (Å²) in [5.41, 5.74) is 0. The average Bonchev–Trinajstić information content (AvgIpc) is 2.05. The average molecular weight is 187 g/mol. The predicted octanol–water partition coefficient (Wildman–Crippen LogP) is 2.31. The number of rotatable bonds is 4. The van der Waals surface area contributed by atoms with E-state index in [4.69, 9.17) is 16.3 Å². The van der Waals surface area contributed by atoms with Gasteiger partial charge in [-0.3, -0.25) is 0 Å². The van der Waals surface area contributed by atoms with Crippen LogP contribution in [0.5, 0.6) is 5.75 Å². The Bertz CT molecular complexity index is 242. The number of hydrogen-bond acceptors (Lipinski definition) is 3. The molecule has 66 valence electrons. The predicted molar refractivity (Wildman–Crippen MR) is 47.4 cm³/mol. The van der Waals surface area contributed by atoms with Crippen molar-refractivity contribution < 1.29 is 4.74 Å². The van der Waals surface area contributed by atoms with E-state index in [9.17, 15) is 0 Å². The van der Waals surface area contributed by atoms with Gasteiger partial charge in [0.1, 0.15) is 5.75 Å². The molecule has 0 aliphatic carbocycles. The van der Waals surface area contributed by atoms with Crippen LogP contribution in [-0.2, 0) is 0 Å². The molecule has 0 aliphatic rings. The smallest absolute Gasteiger partial charge is 0.155 e. The maximum Gasteiger partial charge on any atom is 0.155 e. The van der Waals surface area contributed by atoms with E-state index >= 15 is 0 Å². The van der Waals surface area contributed by atoms with Crippen molar-refractivity contribution >= 4 is 11.6 Å². The molecule has 0 spiro atoms. The Kier molecular flexibility index (Phi) is 3.80. The highest BCUT2D eigenvalue weighted by molar-refractivity contribution is 6.29. The van der Waals surface area contributed by atoms with Crippen LogP contribution in [0.1, 0.15) is 19.8 Å². The summed E-state index contributed by atoms with van der Waals surface area (Å²) >= 11 is 5.60. The fourth-order valence-corrected chi connectivity index (χ4v) is 0.889. The second-order valence-electron chi connectivity index (χ2n) is 2.42. The van der Waals surface area contributed by atoms with Gasteiger partial charge in [0.25, 0.3) is 0 Å². The van der Waals surface area contributed by atoms with Gasteiger partial charge in [-0.1, -0.05) is 24.9 Å². The summed E-state index contributed by atoms with van der Waals surface area (Å²) in [6.45, 7) is 2.82. The summed E-state index contributed by atoms with van der Waals surface area (Å²) in [6.07, 6.45) is 3.72. The van der Waals surface area contributed by atoms with E-state index in [1.165, 1.54) is 0 Å². The Balaban J connectivity index is 2.41. The highest BCUT2D eigenvalue weighted by Crippen LogP contribution is 2.12. The zero-order valence-corrected chi connectivity index (χ0v) is 7.71. The first-order chi connectivity index (χ1) is 5.83. The molecule has 0 aliphatic heterocycles. The first-order valence-corrected chi connectivity index (χ1v) is 4.31. The summed E-state index contributed by atoms with van der Waals surface area (Å²) < 4.78 is 5.34. The summed E-state index contributed by atoms with van der Waals surface area (Å²) in [5.74, 6) is 0.684. The lowest BCUT2D eigenvalue weighted by Gasteiger charge is -2.03. The fourth-order valence-electron chi connectivity index (χ4n) is 0.738. The summed E-state index contributed by atoms with van der Waals surface area (Å²) in [6, 6.07) is 1.66. The number of halogens is 1. The molecular formula is C8H11ClN2O. The minimum Gasteiger partial charge on any atom is -0.492 e. The van der Waals surface area contributed by atoms with Gasteiger partial charge in [-0.25, -0.2) is 0 Å². The van der Waals surface area contributed by atoms with Gasteiger partial charge >= 0.3 is 0 Å². The quantitative estimate of drug-likeness (QED) is 0.677. The monoisotopic (exact) mass is 186 g/mol. The van der Waals surface area contributed by atoms with E-state index in [0.717, 1.165) is 12.8 Å². The number of aromatic nitrogens is 2. The number of unbranched alkanes of at least 4 members (excludes halogenated alkanes) is 1. The Morgan fingerprint density at radius 3 is 3.08 bits per heavy atom. The molecule has 0 fully saturated rings. The van der Waals surface area contributed by atoms with E-state index in [1.54, 1.807) is 12.3 Å². The lowest BCUT2D eigenvalue weighted by Crippen LogP contribution is -1.97. The molecule has 12 heavy (non-hydrogen) atoms. The Morgan fingerprint density at radius 2 is 2.42 bits per heavy atom. The van der Waals surface area contributed by atoms with Crippen molar-refractivity contribution in [3.05, 3.63) is 17.4 Å². The highest BCUT2D eigenvalue weighted by Gasteiger charge is 1.95. The maximum atomic E-state index is 5.60. The van der Waals surface area contributed by atoms with Gasteiger partial charge < -0.3 is 4.74 Å². The molecule has 0 unspecified atom stereocenters. The molecule has 4 heteroatoms. The van der Waals surface area contributed by atoms with Crippen LogP contribution < -0.4 is 4.74 Å². The standard InChI is InChI=1S/C8H11ClN2O/c1-2-3-4-12-7-5-8(9)11-10-6-7/h5-6H,2-4H2,1H3. The van der Waals surface area contributed by atoms with E-state index < -0.39 is 0 Å². The van der Waals surface area contributed by atoms with E-state index in [1.807, 2.05) is 0 Å². The van der Waals surface area contributed by atoms with E-state index in [0.29, 0.717) is 17.5 Å². The van der Waals surface area contributed by atoms with Crippen molar-refractivity contribution in [2.45, 2.75) is 19.8 Å². The molecule has 1 rings (SSSR count). The normalized spacial score (nSPS) is 9.83. The number of ether oxygens (including phenoxy) is 1. The molecule has 0 aromatic carbocycles. The van der Waals surface area contributed by atoms with Gasteiger partial charge in [-0.2, -0.15) is 5.10 Å². The van der Waals surface area contributed by atoms with Gasteiger partial charge in [-0.15, -0.1) is 5.10 Å².